The summed E-state index contributed by atoms with van der Waals surface area (Å²) in [5.74, 6) is 0.0419. The van der Waals surface area contributed by atoms with Crippen molar-refractivity contribution >= 4 is 67.2 Å². The summed E-state index contributed by atoms with van der Waals surface area (Å²) < 4.78 is 22.2. The average molecular weight is 663 g/mol. The summed E-state index contributed by atoms with van der Waals surface area (Å²) in [6.07, 6.45) is 1.58. The highest BCUT2D eigenvalue weighted by atomic mass is 127. The van der Waals surface area contributed by atoms with Crippen molar-refractivity contribution in [2.75, 3.05) is 11.9 Å². The minimum Gasteiger partial charge on any atom is -0.483 e. The topological polar surface area (TPSA) is 85.6 Å². The first kappa shape index (κ1) is 26.0. The minimum atomic E-state index is -0.516. The first-order valence-corrected chi connectivity index (χ1v) is 12.8. The fourth-order valence-electron chi connectivity index (χ4n) is 3.38. The molecule has 4 rings (SSSR count). The van der Waals surface area contributed by atoms with Gasteiger partial charge in [0.25, 0.3) is 11.5 Å². The first-order chi connectivity index (χ1) is 17.2. The molecule has 7 nitrogen and oxygen atoms in total. The number of benzene rings is 3. The smallest absolute Gasteiger partial charge is 0.282 e. The largest absolute Gasteiger partial charge is 0.483 e. The van der Waals surface area contributed by atoms with Crippen LogP contribution >= 0.6 is 38.5 Å². The van der Waals surface area contributed by atoms with Gasteiger partial charge in [0, 0.05) is 10.4 Å². The second-order valence-corrected chi connectivity index (χ2v) is 10.2. The van der Waals surface area contributed by atoms with Crippen LogP contribution in [0, 0.1) is 9.39 Å². The molecule has 0 saturated carbocycles. The summed E-state index contributed by atoms with van der Waals surface area (Å²) in [5, 5.41) is 7.39. The monoisotopic (exact) mass is 662 g/mol. The maximum Gasteiger partial charge on any atom is 0.282 e. The molecular weight excluding hydrogens is 642 g/mol. The number of ether oxygens (including phenoxy) is 1. The van der Waals surface area contributed by atoms with Gasteiger partial charge in [-0.2, -0.15) is 9.78 Å². The van der Waals surface area contributed by atoms with Gasteiger partial charge in [-0.15, -0.1) is 0 Å². The molecule has 0 aliphatic rings. The van der Waals surface area contributed by atoms with Crippen LogP contribution in [0.1, 0.15) is 31.2 Å². The van der Waals surface area contributed by atoms with Gasteiger partial charge in [0.05, 0.1) is 26.4 Å². The summed E-state index contributed by atoms with van der Waals surface area (Å²) in [6.45, 7) is 3.63. The maximum atomic E-state index is 13.7. The lowest BCUT2D eigenvalue weighted by atomic mass is 10.2. The van der Waals surface area contributed by atoms with Gasteiger partial charge in [0.1, 0.15) is 17.4 Å². The summed E-state index contributed by atoms with van der Waals surface area (Å²) in [5.41, 5.74) is 1.20. The van der Waals surface area contributed by atoms with E-state index in [1.165, 1.54) is 16.8 Å². The number of para-hydroxylation sites is 1. The Morgan fingerprint density at radius 2 is 2.00 bits per heavy atom. The van der Waals surface area contributed by atoms with Crippen LogP contribution in [0.3, 0.4) is 0 Å². The zero-order chi connectivity index (χ0) is 25.8. The zero-order valence-electron chi connectivity index (χ0n) is 19.3. The second kappa shape index (κ2) is 11.3. The fraction of sp³-hybridized carbons (Fsp3) is 0.154. The molecule has 4 aromatic rings. The van der Waals surface area contributed by atoms with Crippen molar-refractivity contribution in [3.63, 3.8) is 0 Å². The van der Waals surface area contributed by atoms with Crippen molar-refractivity contribution in [3.8, 4) is 5.75 Å². The van der Waals surface area contributed by atoms with Crippen molar-refractivity contribution in [1.82, 2.24) is 9.66 Å². The quantitative estimate of drug-likeness (QED) is 0.197. The van der Waals surface area contributed by atoms with Crippen LogP contribution in [-0.4, -0.2) is 28.4 Å². The molecule has 3 aromatic carbocycles. The molecule has 0 radical (unpaired) electrons. The van der Waals surface area contributed by atoms with Crippen LogP contribution in [0.25, 0.3) is 10.9 Å². The third-order valence-corrected chi connectivity index (χ3v) is 6.47. The minimum absolute atomic E-state index is 0.0192. The molecule has 0 saturated heterocycles. The standard InChI is InChI=1S/C26H21BrFIN4O3/c1-15(2)25-32-21-9-8-17(27)12-18(21)26(35)33(25)30-13-16-7-10-23(20(29)11-16)36-14-24(34)31-22-6-4-3-5-19(22)28/h3-13,15H,14H2,1-2H3,(H,31,34). The molecule has 0 bridgehead atoms. The molecular formula is C26H21BrFIN4O3. The molecule has 0 fully saturated rings. The fourth-order valence-corrected chi connectivity index (χ4v) is 4.44. The number of hydrogen-bond donors (Lipinski definition) is 1. The van der Waals surface area contributed by atoms with Crippen LogP contribution in [0.2, 0.25) is 0 Å². The Hall–Kier alpha value is -3.12. The number of nitrogens with zero attached hydrogens (tertiary/aromatic N) is 3. The third kappa shape index (κ3) is 5.98. The van der Waals surface area contributed by atoms with E-state index in [0.717, 1.165) is 13.6 Å². The van der Waals surface area contributed by atoms with Crippen molar-refractivity contribution in [2.24, 2.45) is 5.10 Å². The highest BCUT2D eigenvalue weighted by Gasteiger charge is 2.14. The molecule has 1 N–H and O–H groups in total. The van der Waals surface area contributed by atoms with Gasteiger partial charge < -0.3 is 10.1 Å². The molecule has 10 heteroatoms. The van der Waals surface area contributed by atoms with Crippen LogP contribution in [-0.2, 0) is 4.79 Å². The number of halogens is 3. The normalized spacial score (nSPS) is 11.4. The van der Waals surface area contributed by atoms with Crippen molar-refractivity contribution in [2.45, 2.75) is 19.8 Å². The lowest BCUT2D eigenvalue weighted by Gasteiger charge is -2.12. The lowest BCUT2D eigenvalue weighted by Crippen LogP contribution is -2.23. The van der Waals surface area contributed by atoms with Gasteiger partial charge in [-0.05, 0) is 76.7 Å². The van der Waals surface area contributed by atoms with E-state index >= 15 is 0 Å². The SMILES string of the molecule is CC(C)c1nc2ccc(Br)cc2c(=O)n1N=Cc1ccc(OCC(=O)Nc2ccccc2F)c(I)c1. The van der Waals surface area contributed by atoms with E-state index in [1.807, 2.05) is 26.0 Å². The Labute approximate surface area is 228 Å². The van der Waals surface area contributed by atoms with E-state index < -0.39 is 11.7 Å². The predicted molar refractivity (Wildman–Crippen MR) is 150 cm³/mol. The molecule has 0 unspecified atom stereocenters. The van der Waals surface area contributed by atoms with E-state index in [9.17, 15) is 14.0 Å². The Bertz CT molecular complexity index is 1540. The van der Waals surface area contributed by atoms with Crippen molar-refractivity contribution in [1.29, 1.82) is 0 Å². The number of fused-ring (bicyclic) bond motifs is 1. The van der Waals surface area contributed by atoms with E-state index in [4.69, 9.17) is 4.74 Å². The second-order valence-electron chi connectivity index (χ2n) is 8.15. The summed E-state index contributed by atoms with van der Waals surface area (Å²) >= 11 is 5.49. The van der Waals surface area contributed by atoms with Gasteiger partial charge >= 0.3 is 0 Å². The molecule has 0 aliphatic heterocycles. The van der Waals surface area contributed by atoms with Crippen LogP contribution in [0.4, 0.5) is 10.1 Å². The van der Waals surface area contributed by atoms with Gasteiger partial charge in [-0.1, -0.05) is 41.9 Å². The molecule has 36 heavy (non-hydrogen) atoms. The number of carbonyl (C=O) groups is 1. The first-order valence-electron chi connectivity index (χ1n) is 11.0. The van der Waals surface area contributed by atoms with E-state index in [1.54, 1.807) is 42.6 Å². The van der Waals surface area contributed by atoms with E-state index in [-0.39, 0.29) is 23.8 Å². The summed E-state index contributed by atoms with van der Waals surface area (Å²) in [7, 11) is 0. The number of anilines is 1. The third-order valence-electron chi connectivity index (χ3n) is 5.13. The number of amides is 1. The molecule has 1 amide bonds. The van der Waals surface area contributed by atoms with Crippen LogP contribution < -0.4 is 15.6 Å². The highest BCUT2D eigenvalue weighted by molar-refractivity contribution is 14.1. The average Bonchev–Trinajstić information content (AvgIpc) is 2.84. The van der Waals surface area contributed by atoms with E-state index in [2.05, 4.69) is 53.9 Å². The Balaban J connectivity index is 1.52. The number of nitrogens with one attached hydrogen (secondary N) is 1. The van der Waals surface area contributed by atoms with Gasteiger partial charge in [-0.3, -0.25) is 9.59 Å². The Morgan fingerprint density at radius 3 is 2.72 bits per heavy atom. The molecule has 1 aromatic heterocycles. The van der Waals surface area contributed by atoms with Gasteiger partial charge in [-0.25, -0.2) is 9.37 Å². The van der Waals surface area contributed by atoms with Crippen LogP contribution in [0.5, 0.6) is 5.75 Å². The van der Waals surface area contributed by atoms with Gasteiger partial charge in [0.2, 0.25) is 0 Å². The molecule has 0 atom stereocenters. The lowest BCUT2D eigenvalue weighted by molar-refractivity contribution is -0.118. The zero-order valence-corrected chi connectivity index (χ0v) is 23.1. The van der Waals surface area contributed by atoms with Crippen LogP contribution in [0.15, 0.2) is 75.0 Å². The molecule has 0 spiro atoms. The summed E-state index contributed by atoms with van der Waals surface area (Å²) in [4.78, 5) is 29.9. The summed E-state index contributed by atoms with van der Waals surface area (Å²) in [6, 6.07) is 16.6. The number of hydrogen-bond acceptors (Lipinski definition) is 5. The maximum absolute atomic E-state index is 13.7. The van der Waals surface area contributed by atoms with Crippen molar-refractivity contribution in [3.05, 3.63) is 96.3 Å². The predicted octanol–water partition coefficient (Wildman–Crippen LogP) is 5.93. The highest BCUT2D eigenvalue weighted by Crippen LogP contribution is 2.22. The van der Waals surface area contributed by atoms with E-state index in [0.29, 0.717) is 22.5 Å². The number of carbonyl (C=O) groups excluding carboxylic acids is 1. The Morgan fingerprint density at radius 1 is 1.22 bits per heavy atom. The molecule has 0 aliphatic carbocycles. The Kier molecular flexibility index (Phi) is 8.14. The number of rotatable bonds is 7. The van der Waals surface area contributed by atoms with Gasteiger partial charge in [0.15, 0.2) is 6.61 Å². The van der Waals surface area contributed by atoms with Crippen molar-refractivity contribution < 1.29 is 13.9 Å². The molecule has 184 valence electrons. The molecule has 1 heterocycles. The number of aromatic nitrogens is 2.